The van der Waals surface area contributed by atoms with Crippen LogP contribution in [0.4, 0.5) is 0 Å². The molecule has 0 atom stereocenters. The normalized spacial score (nSPS) is 12.0. The highest BCUT2D eigenvalue weighted by molar-refractivity contribution is 6.17. The number of imidazole rings is 2. The van der Waals surface area contributed by atoms with Gasteiger partial charge in [-0.15, -0.1) is 0 Å². The first-order chi connectivity index (χ1) is 21.2. The van der Waals surface area contributed by atoms with Gasteiger partial charge in [0.15, 0.2) is 0 Å². The molecule has 0 aliphatic carbocycles. The highest BCUT2D eigenvalue weighted by atomic mass is 16.5. The lowest BCUT2D eigenvalue weighted by atomic mass is 9.91. The highest BCUT2D eigenvalue weighted by Gasteiger charge is 2.17. The van der Waals surface area contributed by atoms with Gasteiger partial charge in [0, 0.05) is 52.5 Å². The number of hydrogen-bond donors (Lipinski definition) is 0. The van der Waals surface area contributed by atoms with Crippen LogP contribution in [0.2, 0.25) is 0 Å². The fourth-order valence-electron chi connectivity index (χ4n) is 6.68. The summed E-state index contributed by atoms with van der Waals surface area (Å²) >= 11 is 0. The molecule has 7 nitrogen and oxygen atoms in total. The number of ether oxygens (including phenoxy) is 1. The molecule has 0 amide bonds. The predicted octanol–water partition coefficient (Wildman–Crippen LogP) is 8.46. The maximum absolute atomic E-state index is 6.52. The number of aromatic nitrogens is 6. The number of aryl methyl sites for hydroxylation is 2. The first-order valence-corrected chi connectivity index (χ1v) is 14.2. The van der Waals surface area contributed by atoms with Gasteiger partial charge in [0.25, 0.3) is 0 Å². The largest absolute Gasteiger partial charge is 0.457 e. The Labute approximate surface area is 245 Å². The molecule has 0 N–H and O–H groups in total. The Morgan fingerprint density at radius 1 is 0.605 bits per heavy atom. The van der Waals surface area contributed by atoms with E-state index >= 15 is 0 Å². The van der Waals surface area contributed by atoms with Gasteiger partial charge in [-0.3, -0.25) is 8.80 Å². The Hall–Kier alpha value is -5.82. The molecule has 0 saturated heterocycles. The Bertz CT molecular complexity index is 2560. The molecule has 5 heterocycles. The summed E-state index contributed by atoms with van der Waals surface area (Å²) in [6.07, 6.45) is 11.0. The van der Waals surface area contributed by atoms with E-state index in [9.17, 15) is 0 Å². The second kappa shape index (κ2) is 8.84. The summed E-state index contributed by atoms with van der Waals surface area (Å²) in [5.41, 5.74) is 8.69. The highest BCUT2D eigenvalue weighted by Crippen LogP contribution is 2.40. The van der Waals surface area contributed by atoms with E-state index in [1.54, 1.807) is 12.5 Å². The van der Waals surface area contributed by atoms with Gasteiger partial charge < -0.3 is 4.74 Å². The quantitative estimate of drug-likeness (QED) is 0.204. The molecule has 0 unspecified atom stereocenters. The smallest absolute Gasteiger partial charge is 0.149 e. The van der Waals surface area contributed by atoms with Crippen LogP contribution < -0.4 is 4.74 Å². The Balaban J connectivity index is 1.24. The third-order valence-corrected chi connectivity index (χ3v) is 8.51. The van der Waals surface area contributed by atoms with Crippen LogP contribution in [0, 0.1) is 13.8 Å². The molecule has 43 heavy (non-hydrogen) atoms. The number of fused-ring (bicyclic) bond motifs is 12. The number of benzene rings is 4. The fraction of sp³-hybridized carbons (Fsp3) is 0.0556. The lowest BCUT2D eigenvalue weighted by Crippen LogP contribution is -1.96. The van der Waals surface area contributed by atoms with E-state index in [-0.39, 0.29) is 0 Å². The zero-order valence-electron chi connectivity index (χ0n) is 23.5. The Morgan fingerprint density at radius 3 is 2.05 bits per heavy atom. The van der Waals surface area contributed by atoms with E-state index in [0.29, 0.717) is 0 Å². The lowest BCUT2D eigenvalue weighted by Gasteiger charge is -2.17. The zero-order chi connectivity index (χ0) is 28.7. The van der Waals surface area contributed by atoms with Gasteiger partial charge in [-0.2, -0.15) is 0 Å². The predicted molar refractivity (Wildman–Crippen MR) is 171 cm³/mol. The van der Waals surface area contributed by atoms with E-state index in [2.05, 4.69) is 87.8 Å². The average molecular weight is 557 g/mol. The first kappa shape index (κ1) is 23.8. The SMILES string of the molecule is Cc1cccc(C)c1-c1cccc2c1c1ccc(Oc3ccc4c5cncnc5n5ccnc5c4c3)cc1c1nccn21. The van der Waals surface area contributed by atoms with Crippen molar-refractivity contribution in [1.82, 2.24) is 28.7 Å². The summed E-state index contributed by atoms with van der Waals surface area (Å²) in [5, 5.41) is 6.36. The third-order valence-electron chi connectivity index (χ3n) is 8.51. The van der Waals surface area contributed by atoms with Crippen molar-refractivity contribution in [3.05, 3.63) is 121 Å². The van der Waals surface area contributed by atoms with Crippen LogP contribution in [0.1, 0.15) is 11.1 Å². The van der Waals surface area contributed by atoms with Crippen LogP contribution in [-0.2, 0) is 0 Å². The van der Waals surface area contributed by atoms with Crippen LogP contribution >= 0.6 is 0 Å². The van der Waals surface area contributed by atoms with Crippen molar-refractivity contribution in [3.8, 4) is 22.6 Å². The molecule has 4 aromatic carbocycles. The van der Waals surface area contributed by atoms with Crippen LogP contribution in [0.15, 0.2) is 110 Å². The summed E-state index contributed by atoms with van der Waals surface area (Å²) in [6, 6.07) is 25.4. The first-order valence-electron chi connectivity index (χ1n) is 14.2. The Morgan fingerprint density at radius 2 is 1.26 bits per heavy atom. The van der Waals surface area contributed by atoms with Crippen LogP contribution in [0.3, 0.4) is 0 Å². The van der Waals surface area contributed by atoms with E-state index in [4.69, 9.17) is 9.72 Å². The van der Waals surface area contributed by atoms with Crippen molar-refractivity contribution in [3.63, 3.8) is 0 Å². The number of hydrogen-bond acceptors (Lipinski definition) is 5. The van der Waals surface area contributed by atoms with E-state index in [1.165, 1.54) is 27.6 Å². The van der Waals surface area contributed by atoms with Gasteiger partial charge >= 0.3 is 0 Å². The van der Waals surface area contributed by atoms with E-state index in [1.807, 2.05) is 47.4 Å². The van der Waals surface area contributed by atoms with Crippen molar-refractivity contribution in [2.24, 2.45) is 0 Å². The summed E-state index contributed by atoms with van der Waals surface area (Å²) in [5.74, 6) is 1.47. The second-order valence-corrected chi connectivity index (χ2v) is 11.0. The van der Waals surface area contributed by atoms with Crippen molar-refractivity contribution in [2.75, 3.05) is 0 Å². The minimum Gasteiger partial charge on any atom is -0.457 e. The molecule has 0 bridgehead atoms. The molecule has 0 aliphatic heterocycles. The summed E-state index contributed by atoms with van der Waals surface area (Å²) in [6.45, 7) is 4.36. The van der Waals surface area contributed by atoms with Crippen LogP contribution in [-0.4, -0.2) is 28.7 Å². The average Bonchev–Trinajstić information content (AvgIpc) is 3.73. The molecule has 0 saturated carbocycles. The van der Waals surface area contributed by atoms with Gasteiger partial charge in [-0.05, 0) is 89.3 Å². The van der Waals surface area contributed by atoms with Gasteiger partial charge in [-0.25, -0.2) is 19.9 Å². The molecule has 0 fully saturated rings. The van der Waals surface area contributed by atoms with Crippen molar-refractivity contribution in [2.45, 2.75) is 13.8 Å². The molecular formula is C36H24N6O. The fourth-order valence-corrected chi connectivity index (χ4v) is 6.68. The maximum Gasteiger partial charge on any atom is 0.149 e. The standard InChI is InChI=1S/C36H24N6O/c1-21-5-3-6-22(2)32(21)27-7-4-8-31-33(27)26-12-10-24(18-29(26)34-38-13-15-41(31)34)43-23-9-11-25-28(17-23)35-39-14-16-42(35)36-30(25)19-37-20-40-36/h3-20H,1-2H3. The zero-order valence-corrected chi connectivity index (χ0v) is 23.5. The van der Waals surface area contributed by atoms with Crippen molar-refractivity contribution in [1.29, 1.82) is 0 Å². The van der Waals surface area contributed by atoms with Gasteiger partial charge in [-0.1, -0.05) is 30.3 Å². The number of pyridine rings is 2. The molecular weight excluding hydrogens is 532 g/mol. The minimum atomic E-state index is 0.726. The Kier molecular flexibility index (Phi) is 4.90. The molecule has 204 valence electrons. The minimum absolute atomic E-state index is 0.726. The van der Waals surface area contributed by atoms with Crippen molar-refractivity contribution < 1.29 is 4.74 Å². The van der Waals surface area contributed by atoms with E-state index < -0.39 is 0 Å². The number of nitrogens with zero attached hydrogens (tertiary/aromatic N) is 6. The van der Waals surface area contributed by atoms with Gasteiger partial charge in [0.05, 0.1) is 5.52 Å². The summed E-state index contributed by atoms with van der Waals surface area (Å²) in [7, 11) is 0. The molecule has 9 rings (SSSR count). The molecule has 9 aromatic rings. The van der Waals surface area contributed by atoms with Gasteiger partial charge in [0.1, 0.15) is 34.8 Å². The monoisotopic (exact) mass is 556 g/mol. The molecule has 0 radical (unpaired) electrons. The van der Waals surface area contributed by atoms with E-state index in [0.717, 1.165) is 60.9 Å². The summed E-state index contributed by atoms with van der Waals surface area (Å²) < 4.78 is 10.7. The molecule has 5 aromatic heterocycles. The lowest BCUT2D eigenvalue weighted by molar-refractivity contribution is 0.484. The van der Waals surface area contributed by atoms with Crippen LogP contribution in [0.25, 0.3) is 65.9 Å². The molecule has 0 aliphatic rings. The number of rotatable bonds is 3. The van der Waals surface area contributed by atoms with Gasteiger partial charge in [0.2, 0.25) is 0 Å². The second-order valence-electron chi connectivity index (χ2n) is 11.0. The molecule has 0 spiro atoms. The topological polar surface area (TPSA) is 69.6 Å². The molecule has 7 heteroatoms. The third kappa shape index (κ3) is 3.42. The van der Waals surface area contributed by atoms with Crippen LogP contribution in [0.5, 0.6) is 11.5 Å². The summed E-state index contributed by atoms with van der Waals surface area (Å²) in [4.78, 5) is 18.2. The maximum atomic E-state index is 6.52. The van der Waals surface area contributed by atoms with Crippen molar-refractivity contribution >= 4 is 54.8 Å².